The van der Waals surface area contributed by atoms with E-state index in [4.69, 9.17) is 9.47 Å². The summed E-state index contributed by atoms with van der Waals surface area (Å²) in [6, 6.07) is 17.1. The van der Waals surface area contributed by atoms with Gasteiger partial charge in [-0.05, 0) is 48.4 Å². The number of methoxy groups -OCH3 is 1. The van der Waals surface area contributed by atoms with Gasteiger partial charge in [-0.25, -0.2) is 14.1 Å². The summed E-state index contributed by atoms with van der Waals surface area (Å²) >= 11 is 0. The predicted molar refractivity (Wildman–Crippen MR) is 129 cm³/mol. The molecule has 1 saturated heterocycles. The maximum Gasteiger partial charge on any atom is 0.335 e. The second kappa shape index (κ2) is 10.2. The van der Waals surface area contributed by atoms with Gasteiger partial charge in [-0.3, -0.25) is 14.9 Å². The number of halogens is 1. The van der Waals surface area contributed by atoms with E-state index in [1.807, 2.05) is 19.1 Å². The second-order valence-corrected chi connectivity index (χ2v) is 7.76. The summed E-state index contributed by atoms with van der Waals surface area (Å²) in [5.41, 5.74) is 1.86. The highest BCUT2D eigenvalue weighted by molar-refractivity contribution is 6.39. The van der Waals surface area contributed by atoms with E-state index in [1.54, 1.807) is 48.5 Å². The molecule has 7 nitrogen and oxygen atoms in total. The molecule has 8 heteroatoms. The number of carbonyl (C=O) groups is 3. The first-order chi connectivity index (χ1) is 16.9. The summed E-state index contributed by atoms with van der Waals surface area (Å²) in [5.74, 6) is -1.25. The van der Waals surface area contributed by atoms with Crippen LogP contribution >= 0.6 is 0 Å². The van der Waals surface area contributed by atoms with Crippen molar-refractivity contribution in [1.29, 1.82) is 0 Å². The number of nitrogens with one attached hydrogen (secondary N) is 1. The Hall–Kier alpha value is -4.46. The van der Waals surface area contributed by atoms with Gasteiger partial charge in [-0.2, -0.15) is 0 Å². The molecule has 1 heterocycles. The number of hydrogen-bond acceptors (Lipinski definition) is 5. The number of aryl methyl sites for hydroxylation is 1. The standard InChI is InChI=1S/C27H23FN2O5/c1-3-17-8-11-20(12-9-17)30-26(32)22(25(31)29-27(30)33)14-18-10-13-21(34-2)15-24(18)35-16-19-6-4-5-7-23(19)28/h4-15H,3,16H2,1-2H3,(H,29,31,33)/b22-14+. The zero-order valence-electron chi connectivity index (χ0n) is 19.2. The molecule has 35 heavy (non-hydrogen) atoms. The fourth-order valence-electron chi connectivity index (χ4n) is 3.59. The van der Waals surface area contributed by atoms with Gasteiger partial charge in [-0.1, -0.05) is 37.3 Å². The van der Waals surface area contributed by atoms with E-state index in [0.717, 1.165) is 16.9 Å². The molecule has 0 bridgehead atoms. The Morgan fingerprint density at radius 2 is 1.74 bits per heavy atom. The van der Waals surface area contributed by atoms with E-state index < -0.39 is 23.7 Å². The van der Waals surface area contributed by atoms with Gasteiger partial charge >= 0.3 is 6.03 Å². The Labute approximate surface area is 201 Å². The molecule has 0 saturated carbocycles. The Balaban J connectivity index is 1.68. The van der Waals surface area contributed by atoms with Gasteiger partial charge < -0.3 is 9.47 Å². The summed E-state index contributed by atoms with van der Waals surface area (Å²) < 4.78 is 25.1. The molecule has 4 rings (SSSR count). The smallest absolute Gasteiger partial charge is 0.335 e. The zero-order valence-corrected chi connectivity index (χ0v) is 19.2. The average Bonchev–Trinajstić information content (AvgIpc) is 2.86. The van der Waals surface area contributed by atoms with Crippen molar-refractivity contribution in [2.75, 3.05) is 12.0 Å². The Morgan fingerprint density at radius 3 is 2.43 bits per heavy atom. The first-order valence-corrected chi connectivity index (χ1v) is 11.0. The van der Waals surface area contributed by atoms with Crippen molar-refractivity contribution in [3.05, 3.63) is 94.8 Å². The van der Waals surface area contributed by atoms with Crippen LogP contribution < -0.4 is 19.7 Å². The monoisotopic (exact) mass is 474 g/mol. The molecule has 0 aliphatic carbocycles. The topological polar surface area (TPSA) is 84.9 Å². The van der Waals surface area contributed by atoms with Crippen molar-refractivity contribution in [3.8, 4) is 11.5 Å². The van der Waals surface area contributed by atoms with Crippen molar-refractivity contribution in [2.24, 2.45) is 0 Å². The summed E-state index contributed by atoms with van der Waals surface area (Å²) in [6.45, 7) is 1.92. The third kappa shape index (κ3) is 5.06. The minimum Gasteiger partial charge on any atom is -0.497 e. The van der Waals surface area contributed by atoms with E-state index in [1.165, 1.54) is 19.3 Å². The summed E-state index contributed by atoms with van der Waals surface area (Å²) in [6.07, 6.45) is 2.14. The lowest BCUT2D eigenvalue weighted by atomic mass is 10.1. The Bertz CT molecular complexity index is 1320. The van der Waals surface area contributed by atoms with Crippen molar-refractivity contribution >= 4 is 29.6 Å². The lowest BCUT2D eigenvalue weighted by Crippen LogP contribution is -2.54. The number of urea groups is 1. The van der Waals surface area contributed by atoms with Crippen LogP contribution in [-0.2, 0) is 22.6 Å². The van der Waals surface area contributed by atoms with Gasteiger partial charge in [0.05, 0.1) is 12.8 Å². The molecule has 1 aliphatic heterocycles. The average molecular weight is 474 g/mol. The van der Waals surface area contributed by atoms with Crippen LogP contribution in [0.5, 0.6) is 11.5 Å². The Kier molecular flexibility index (Phi) is 6.91. The van der Waals surface area contributed by atoms with Crippen LogP contribution in [0.1, 0.15) is 23.6 Å². The van der Waals surface area contributed by atoms with E-state index in [2.05, 4.69) is 5.32 Å². The molecular weight excluding hydrogens is 451 g/mol. The predicted octanol–water partition coefficient (Wildman–Crippen LogP) is 4.64. The summed E-state index contributed by atoms with van der Waals surface area (Å²) in [5, 5.41) is 2.21. The van der Waals surface area contributed by atoms with Crippen LogP contribution in [-0.4, -0.2) is 25.0 Å². The van der Waals surface area contributed by atoms with Gasteiger partial charge in [0, 0.05) is 17.2 Å². The summed E-state index contributed by atoms with van der Waals surface area (Å²) in [7, 11) is 1.49. The molecule has 178 valence electrons. The highest BCUT2D eigenvalue weighted by Gasteiger charge is 2.37. The molecule has 4 amide bonds. The third-order valence-electron chi connectivity index (χ3n) is 5.57. The number of nitrogens with zero attached hydrogens (tertiary/aromatic N) is 1. The second-order valence-electron chi connectivity index (χ2n) is 7.76. The van der Waals surface area contributed by atoms with E-state index >= 15 is 0 Å². The molecule has 0 aromatic heterocycles. The molecule has 0 atom stereocenters. The van der Waals surface area contributed by atoms with Crippen molar-refractivity contribution in [1.82, 2.24) is 5.32 Å². The molecule has 0 radical (unpaired) electrons. The Morgan fingerprint density at radius 1 is 1.00 bits per heavy atom. The van der Waals surface area contributed by atoms with Crippen LogP contribution in [0.3, 0.4) is 0 Å². The van der Waals surface area contributed by atoms with Gasteiger partial charge in [-0.15, -0.1) is 0 Å². The molecule has 1 aliphatic rings. The van der Waals surface area contributed by atoms with Gasteiger partial charge in [0.1, 0.15) is 29.5 Å². The molecule has 1 N–H and O–H groups in total. The minimum atomic E-state index is -0.827. The number of hydrogen-bond donors (Lipinski definition) is 1. The normalized spacial score (nSPS) is 14.8. The number of imide groups is 2. The summed E-state index contributed by atoms with van der Waals surface area (Å²) in [4.78, 5) is 39.2. The molecule has 0 spiro atoms. The van der Waals surface area contributed by atoms with Crippen molar-refractivity contribution < 1.29 is 28.2 Å². The highest BCUT2D eigenvalue weighted by atomic mass is 19.1. The maximum atomic E-state index is 14.1. The van der Waals surface area contributed by atoms with Gasteiger partial charge in [0.2, 0.25) is 0 Å². The number of benzene rings is 3. The number of anilines is 1. The molecular formula is C27H23FN2O5. The van der Waals surface area contributed by atoms with Crippen LogP contribution in [0, 0.1) is 5.82 Å². The quantitative estimate of drug-likeness (QED) is 0.398. The maximum absolute atomic E-state index is 14.1. The van der Waals surface area contributed by atoms with E-state index in [0.29, 0.717) is 22.6 Å². The number of rotatable bonds is 7. The van der Waals surface area contributed by atoms with Crippen molar-refractivity contribution in [3.63, 3.8) is 0 Å². The molecule has 3 aromatic carbocycles. The van der Waals surface area contributed by atoms with E-state index in [9.17, 15) is 18.8 Å². The third-order valence-corrected chi connectivity index (χ3v) is 5.57. The van der Waals surface area contributed by atoms with E-state index in [-0.39, 0.29) is 17.9 Å². The molecule has 1 fully saturated rings. The first kappa shape index (κ1) is 23.7. The van der Waals surface area contributed by atoms with Crippen LogP contribution in [0.4, 0.5) is 14.9 Å². The van der Waals surface area contributed by atoms with Crippen LogP contribution in [0.15, 0.2) is 72.3 Å². The lowest BCUT2D eigenvalue weighted by Gasteiger charge is -2.26. The SMILES string of the molecule is CCc1ccc(N2C(=O)NC(=O)/C(=C\c3ccc(OC)cc3OCc3ccccc3F)C2=O)cc1. The zero-order chi connectivity index (χ0) is 24.9. The first-order valence-electron chi connectivity index (χ1n) is 11.0. The fraction of sp³-hybridized carbons (Fsp3) is 0.148. The van der Waals surface area contributed by atoms with Gasteiger partial charge in [0.25, 0.3) is 11.8 Å². The number of amides is 4. The molecule has 3 aromatic rings. The van der Waals surface area contributed by atoms with Crippen LogP contribution in [0.2, 0.25) is 0 Å². The van der Waals surface area contributed by atoms with Gasteiger partial charge in [0.15, 0.2) is 0 Å². The fourth-order valence-corrected chi connectivity index (χ4v) is 3.59. The number of carbonyl (C=O) groups excluding carboxylic acids is 3. The number of barbiturate groups is 1. The van der Waals surface area contributed by atoms with Crippen molar-refractivity contribution in [2.45, 2.75) is 20.0 Å². The van der Waals surface area contributed by atoms with Crippen LogP contribution in [0.25, 0.3) is 6.08 Å². The largest absolute Gasteiger partial charge is 0.497 e. The lowest BCUT2D eigenvalue weighted by molar-refractivity contribution is -0.122. The molecule has 0 unspecified atom stereocenters. The minimum absolute atomic E-state index is 0.0788. The number of ether oxygens (including phenoxy) is 2. The highest BCUT2D eigenvalue weighted by Crippen LogP contribution is 2.30.